The van der Waals surface area contributed by atoms with Crippen LogP contribution in [0.2, 0.25) is 0 Å². The zero-order valence-electron chi connectivity index (χ0n) is 13.1. The van der Waals surface area contributed by atoms with Gasteiger partial charge in [-0.05, 0) is 30.7 Å². The first-order valence-electron chi connectivity index (χ1n) is 8.27. The van der Waals surface area contributed by atoms with Crippen LogP contribution >= 0.6 is 0 Å². The lowest BCUT2D eigenvalue weighted by atomic mass is 10.0. The molecular formula is C18H27NO2. The van der Waals surface area contributed by atoms with Crippen molar-refractivity contribution in [3.63, 3.8) is 0 Å². The second-order valence-corrected chi connectivity index (χ2v) is 5.73. The molecule has 1 aromatic rings. The molecule has 3 nitrogen and oxygen atoms in total. The van der Waals surface area contributed by atoms with Crippen molar-refractivity contribution in [3.05, 3.63) is 29.8 Å². The fourth-order valence-corrected chi connectivity index (χ4v) is 2.71. The van der Waals surface area contributed by atoms with E-state index in [2.05, 4.69) is 24.0 Å². The van der Waals surface area contributed by atoms with E-state index in [-0.39, 0.29) is 5.78 Å². The molecule has 0 N–H and O–H groups in total. The zero-order chi connectivity index (χ0) is 14.9. The highest BCUT2D eigenvalue weighted by molar-refractivity contribution is 5.96. The molecule has 21 heavy (non-hydrogen) atoms. The molecule has 1 heterocycles. The van der Waals surface area contributed by atoms with Gasteiger partial charge in [0, 0.05) is 30.8 Å². The van der Waals surface area contributed by atoms with Crippen LogP contribution in [0.4, 0.5) is 5.69 Å². The van der Waals surface area contributed by atoms with E-state index in [0.717, 1.165) is 38.3 Å². The molecule has 3 heteroatoms. The average molecular weight is 289 g/mol. The number of hydrogen-bond donors (Lipinski definition) is 0. The number of hydrogen-bond acceptors (Lipinski definition) is 3. The third-order valence-electron chi connectivity index (χ3n) is 4.07. The minimum absolute atomic E-state index is 0.278. The van der Waals surface area contributed by atoms with Gasteiger partial charge in [-0.25, -0.2) is 0 Å². The molecule has 0 atom stereocenters. The van der Waals surface area contributed by atoms with Crippen molar-refractivity contribution in [2.45, 2.75) is 45.4 Å². The van der Waals surface area contributed by atoms with Gasteiger partial charge in [-0.3, -0.25) is 4.79 Å². The third kappa shape index (κ3) is 5.16. The first-order chi connectivity index (χ1) is 10.3. The summed E-state index contributed by atoms with van der Waals surface area (Å²) in [4.78, 5) is 14.4. The summed E-state index contributed by atoms with van der Waals surface area (Å²) in [5.74, 6) is 0.278. The normalized spacial score (nSPS) is 15.2. The number of benzene rings is 1. The smallest absolute Gasteiger partial charge is 0.162 e. The second-order valence-electron chi connectivity index (χ2n) is 5.73. The lowest BCUT2D eigenvalue weighted by Crippen LogP contribution is -2.36. The summed E-state index contributed by atoms with van der Waals surface area (Å²) in [7, 11) is 0. The predicted molar refractivity (Wildman–Crippen MR) is 87.2 cm³/mol. The molecule has 0 saturated carbocycles. The summed E-state index contributed by atoms with van der Waals surface area (Å²) in [6.45, 7) is 5.66. The Balaban J connectivity index is 1.79. The molecule has 0 amide bonds. The van der Waals surface area contributed by atoms with E-state index in [0.29, 0.717) is 6.42 Å². The van der Waals surface area contributed by atoms with Gasteiger partial charge >= 0.3 is 0 Å². The summed E-state index contributed by atoms with van der Waals surface area (Å²) < 4.78 is 5.36. The highest BCUT2D eigenvalue weighted by Gasteiger charge is 2.12. The van der Waals surface area contributed by atoms with Crippen molar-refractivity contribution < 1.29 is 9.53 Å². The number of anilines is 1. The van der Waals surface area contributed by atoms with Gasteiger partial charge in [-0.1, -0.05) is 32.6 Å². The largest absolute Gasteiger partial charge is 0.378 e. The number of ketones is 1. The Kier molecular flexibility index (Phi) is 6.74. The van der Waals surface area contributed by atoms with Gasteiger partial charge in [-0.2, -0.15) is 0 Å². The zero-order valence-corrected chi connectivity index (χ0v) is 13.1. The van der Waals surface area contributed by atoms with Gasteiger partial charge in [-0.15, -0.1) is 0 Å². The van der Waals surface area contributed by atoms with E-state index in [1.807, 2.05) is 12.1 Å². The van der Waals surface area contributed by atoms with Crippen LogP contribution in [0, 0.1) is 0 Å². The van der Waals surface area contributed by atoms with Gasteiger partial charge in [0.05, 0.1) is 13.2 Å². The Morgan fingerprint density at radius 3 is 2.38 bits per heavy atom. The highest BCUT2D eigenvalue weighted by Crippen LogP contribution is 2.18. The van der Waals surface area contributed by atoms with Gasteiger partial charge in [0.2, 0.25) is 0 Å². The van der Waals surface area contributed by atoms with Crippen LogP contribution in [0.25, 0.3) is 0 Å². The maximum Gasteiger partial charge on any atom is 0.162 e. The van der Waals surface area contributed by atoms with Crippen LogP contribution in [-0.2, 0) is 4.74 Å². The number of unbranched alkanes of at least 4 members (excludes halogenated alkanes) is 4. The molecule has 1 aromatic carbocycles. The number of nitrogens with zero attached hydrogens (tertiary/aromatic N) is 1. The minimum Gasteiger partial charge on any atom is -0.378 e. The average Bonchev–Trinajstić information content (AvgIpc) is 2.55. The fraction of sp³-hybridized carbons (Fsp3) is 0.611. The summed E-state index contributed by atoms with van der Waals surface area (Å²) in [5, 5.41) is 0. The number of Topliss-reactive ketones (excluding diaryl/α,β-unsaturated/α-hetero) is 1. The van der Waals surface area contributed by atoms with E-state index < -0.39 is 0 Å². The van der Waals surface area contributed by atoms with Crippen LogP contribution in [0.15, 0.2) is 24.3 Å². The van der Waals surface area contributed by atoms with Crippen molar-refractivity contribution in [3.8, 4) is 0 Å². The van der Waals surface area contributed by atoms with Gasteiger partial charge < -0.3 is 9.64 Å². The fourth-order valence-electron chi connectivity index (χ4n) is 2.71. The molecule has 1 aliphatic rings. The molecule has 1 fully saturated rings. The Morgan fingerprint density at radius 1 is 1.05 bits per heavy atom. The van der Waals surface area contributed by atoms with E-state index in [1.54, 1.807) is 0 Å². The maximum absolute atomic E-state index is 12.1. The Hall–Kier alpha value is -1.35. The SMILES string of the molecule is CCCCCCCC(=O)c1ccc(N2CCOCC2)cc1. The summed E-state index contributed by atoms with van der Waals surface area (Å²) in [5.41, 5.74) is 2.04. The van der Waals surface area contributed by atoms with Crippen LogP contribution in [0.1, 0.15) is 55.8 Å². The number of carbonyl (C=O) groups excluding carboxylic acids is 1. The van der Waals surface area contributed by atoms with Crippen molar-refractivity contribution in [2.24, 2.45) is 0 Å². The van der Waals surface area contributed by atoms with Gasteiger partial charge in [0.25, 0.3) is 0 Å². The minimum atomic E-state index is 0.278. The molecule has 0 unspecified atom stereocenters. The van der Waals surface area contributed by atoms with Crippen molar-refractivity contribution in [2.75, 3.05) is 31.2 Å². The Morgan fingerprint density at radius 2 is 1.71 bits per heavy atom. The van der Waals surface area contributed by atoms with Crippen molar-refractivity contribution in [1.82, 2.24) is 0 Å². The van der Waals surface area contributed by atoms with Crippen molar-refractivity contribution >= 4 is 11.5 Å². The molecule has 1 saturated heterocycles. The molecule has 0 radical (unpaired) electrons. The molecule has 0 aliphatic carbocycles. The second kappa shape index (κ2) is 8.83. The number of rotatable bonds is 8. The number of carbonyl (C=O) groups is 1. The first kappa shape index (κ1) is 16.0. The third-order valence-corrected chi connectivity index (χ3v) is 4.07. The van der Waals surface area contributed by atoms with Crippen LogP contribution in [0.3, 0.4) is 0 Å². The van der Waals surface area contributed by atoms with Crippen LogP contribution < -0.4 is 4.90 Å². The standard InChI is InChI=1S/C18H27NO2/c1-2-3-4-5-6-7-18(20)16-8-10-17(11-9-16)19-12-14-21-15-13-19/h8-11H,2-7,12-15H2,1H3. The monoisotopic (exact) mass is 289 g/mol. The predicted octanol–water partition coefficient (Wildman–Crippen LogP) is 4.07. The topological polar surface area (TPSA) is 29.5 Å². The number of ether oxygens (including phenoxy) is 1. The molecule has 0 bridgehead atoms. The van der Waals surface area contributed by atoms with E-state index in [4.69, 9.17) is 4.74 Å². The van der Waals surface area contributed by atoms with E-state index in [9.17, 15) is 4.79 Å². The van der Waals surface area contributed by atoms with Gasteiger partial charge in [0.1, 0.15) is 0 Å². The van der Waals surface area contributed by atoms with Gasteiger partial charge in [0.15, 0.2) is 5.78 Å². The molecule has 116 valence electrons. The summed E-state index contributed by atoms with van der Waals surface area (Å²) in [6.07, 6.45) is 6.65. The van der Waals surface area contributed by atoms with E-state index >= 15 is 0 Å². The number of morpholine rings is 1. The van der Waals surface area contributed by atoms with E-state index in [1.165, 1.54) is 31.4 Å². The van der Waals surface area contributed by atoms with Crippen LogP contribution in [0.5, 0.6) is 0 Å². The molecule has 0 spiro atoms. The van der Waals surface area contributed by atoms with Crippen molar-refractivity contribution in [1.29, 1.82) is 0 Å². The Bertz CT molecular complexity index is 421. The lowest BCUT2D eigenvalue weighted by molar-refractivity contribution is 0.0979. The molecular weight excluding hydrogens is 262 g/mol. The lowest BCUT2D eigenvalue weighted by Gasteiger charge is -2.28. The van der Waals surface area contributed by atoms with Crippen LogP contribution in [-0.4, -0.2) is 32.1 Å². The molecule has 1 aliphatic heterocycles. The first-order valence-corrected chi connectivity index (χ1v) is 8.27. The summed E-state index contributed by atoms with van der Waals surface area (Å²) >= 11 is 0. The summed E-state index contributed by atoms with van der Waals surface area (Å²) in [6, 6.07) is 8.07. The molecule has 2 rings (SSSR count). The molecule has 0 aromatic heterocycles. The Labute approximate surface area is 128 Å². The quantitative estimate of drug-likeness (QED) is 0.534. The maximum atomic E-state index is 12.1. The highest BCUT2D eigenvalue weighted by atomic mass is 16.5.